The van der Waals surface area contributed by atoms with Crippen molar-refractivity contribution in [3.63, 3.8) is 0 Å². The number of benzene rings is 3. The van der Waals surface area contributed by atoms with E-state index in [4.69, 9.17) is 4.74 Å². The highest BCUT2D eigenvalue weighted by Gasteiger charge is 2.29. The number of amides is 1. The van der Waals surface area contributed by atoms with Gasteiger partial charge in [-0.2, -0.15) is 0 Å². The van der Waals surface area contributed by atoms with Gasteiger partial charge in [-0.1, -0.05) is 98.1 Å². The number of carbonyl (C=O) groups is 2. The number of carboxylic acid groups (broad SMARTS) is 1. The van der Waals surface area contributed by atoms with Crippen molar-refractivity contribution < 1.29 is 19.4 Å². The van der Waals surface area contributed by atoms with E-state index >= 15 is 0 Å². The maximum Gasteiger partial charge on any atom is 0.407 e. The molecule has 0 unspecified atom stereocenters. The monoisotopic (exact) mass is 457 g/mol. The predicted molar refractivity (Wildman–Crippen MR) is 133 cm³/mol. The minimum absolute atomic E-state index is 0.0500. The summed E-state index contributed by atoms with van der Waals surface area (Å²) in [5, 5.41) is 12.1. The summed E-state index contributed by atoms with van der Waals surface area (Å²) in [4.78, 5) is 24.1. The summed E-state index contributed by atoms with van der Waals surface area (Å²) >= 11 is 0. The summed E-state index contributed by atoms with van der Waals surface area (Å²) in [5.41, 5.74) is 5.89. The lowest BCUT2D eigenvalue weighted by Gasteiger charge is -2.17. The first-order valence-electron chi connectivity index (χ1n) is 12.0. The molecule has 1 amide bonds. The first-order chi connectivity index (χ1) is 16.6. The molecule has 0 saturated carbocycles. The molecule has 176 valence electrons. The van der Waals surface area contributed by atoms with E-state index in [9.17, 15) is 14.7 Å². The van der Waals surface area contributed by atoms with Gasteiger partial charge in [0.05, 0.1) is 0 Å². The van der Waals surface area contributed by atoms with Gasteiger partial charge in [0.15, 0.2) is 0 Å². The summed E-state index contributed by atoms with van der Waals surface area (Å²) in [5.74, 6) is -1.08. The van der Waals surface area contributed by atoms with Crippen LogP contribution in [0.15, 0.2) is 78.9 Å². The van der Waals surface area contributed by atoms with Gasteiger partial charge >= 0.3 is 12.1 Å². The molecule has 0 bridgehead atoms. The zero-order valence-corrected chi connectivity index (χ0v) is 19.3. The molecule has 2 N–H and O–H groups in total. The maximum absolute atomic E-state index is 12.4. The van der Waals surface area contributed by atoms with Crippen LogP contribution >= 0.6 is 0 Å². The van der Waals surface area contributed by atoms with Gasteiger partial charge < -0.3 is 15.2 Å². The van der Waals surface area contributed by atoms with E-state index in [1.807, 2.05) is 42.5 Å². The lowest BCUT2D eigenvalue weighted by molar-refractivity contribution is -0.139. The number of hydrogen-bond acceptors (Lipinski definition) is 3. The molecule has 0 aliphatic heterocycles. The SMILES string of the molecule is O=C(N[C@@H](CCCCCCc1ccccc1)C(=O)O)OCC1c2ccccc2-c2ccccc21. The van der Waals surface area contributed by atoms with Crippen LogP contribution in [0.25, 0.3) is 11.1 Å². The van der Waals surface area contributed by atoms with Gasteiger partial charge in [-0.15, -0.1) is 0 Å². The van der Waals surface area contributed by atoms with Crippen LogP contribution in [-0.4, -0.2) is 29.8 Å². The Morgan fingerprint density at radius 1 is 0.794 bits per heavy atom. The molecule has 5 heteroatoms. The lowest BCUT2D eigenvalue weighted by atomic mass is 9.98. The number of unbranched alkanes of at least 4 members (excludes halogenated alkanes) is 3. The van der Waals surface area contributed by atoms with Gasteiger partial charge in [-0.25, -0.2) is 9.59 Å². The summed E-state index contributed by atoms with van der Waals surface area (Å²) < 4.78 is 5.50. The second-order valence-electron chi connectivity index (χ2n) is 8.80. The zero-order chi connectivity index (χ0) is 23.8. The largest absolute Gasteiger partial charge is 0.480 e. The molecular weight excluding hydrogens is 426 g/mol. The highest BCUT2D eigenvalue weighted by atomic mass is 16.5. The normalized spacial score (nSPS) is 13.1. The van der Waals surface area contributed by atoms with Crippen LogP contribution in [0.2, 0.25) is 0 Å². The molecule has 1 aliphatic carbocycles. The topological polar surface area (TPSA) is 75.6 Å². The highest BCUT2D eigenvalue weighted by molar-refractivity contribution is 5.81. The minimum atomic E-state index is -1.03. The Labute approximate surface area is 200 Å². The number of nitrogens with one attached hydrogen (secondary N) is 1. The van der Waals surface area contributed by atoms with Gasteiger partial charge in [0.25, 0.3) is 0 Å². The molecule has 0 saturated heterocycles. The van der Waals surface area contributed by atoms with Crippen LogP contribution < -0.4 is 5.32 Å². The smallest absolute Gasteiger partial charge is 0.407 e. The van der Waals surface area contributed by atoms with E-state index in [2.05, 4.69) is 41.7 Å². The number of fused-ring (bicyclic) bond motifs is 3. The Balaban J connectivity index is 1.22. The molecule has 5 nitrogen and oxygen atoms in total. The van der Waals surface area contributed by atoms with Crippen molar-refractivity contribution >= 4 is 12.1 Å². The first kappa shape index (κ1) is 23.6. The molecule has 0 heterocycles. The summed E-state index contributed by atoms with van der Waals surface area (Å²) in [7, 11) is 0. The number of carbonyl (C=O) groups excluding carboxylic acids is 1. The van der Waals surface area contributed by atoms with Crippen molar-refractivity contribution in [3.8, 4) is 11.1 Å². The molecular formula is C29H31NO4. The molecule has 4 rings (SSSR count). The van der Waals surface area contributed by atoms with Crippen LogP contribution in [0.3, 0.4) is 0 Å². The molecule has 0 radical (unpaired) electrons. The Hall–Kier alpha value is -3.60. The molecule has 1 atom stereocenters. The second-order valence-corrected chi connectivity index (χ2v) is 8.80. The fraction of sp³-hybridized carbons (Fsp3) is 0.310. The molecule has 3 aromatic rings. The van der Waals surface area contributed by atoms with Crippen LogP contribution in [0.4, 0.5) is 4.79 Å². The van der Waals surface area contributed by atoms with Crippen molar-refractivity contribution in [1.82, 2.24) is 5.32 Å². The van der Waals surface area contributed by atoms with Crippen LogP contribution in [0, 0.1) is 0 Å². The number of aliphatic carboxylic acids is 1. The Morgan fingerprint density at radius 3 is 2.03 bits per heavy atom. The Bertz CT molecular complexity index is 1070. The number of aryl methyl sites for hydroxylation is 1. The van der Waals surface area contributed by atoms with Gasteiger partial charge in [0, 0.05) is 5.92 Å². The molecule has 3 aromatic carbocycles. The molecule has 34 heavy (non-hydrogen) atoms. The molecule has 0 aromatic heterocycles. The van der Waals surface area contributed by atoms with E-state index in [0.29, 0.717) is 6.42 Å². The average molecular weight is 458 g/mol. The number of rotatable bonds is 11. The van der Waals surface area contributed by atoms with Gasteiger partial charge in [-0.05, 0) is 47.1 Å². The van der Waals surface area contributed by atoms with Gasteiger partial charge in [0.1, 0.15) is 12.6 Å². The fourth-order valence-corrected chi connectivity index (χ4v) is 4.72. The Kier molecular flexibility index (Phi) is 7.97. The van der Waals surface area contributed by atoms with Gasteiger partial charge in [-0.3, -0.25) is 0 Å². The van der Waals surface area contributed by atoms with E-state index in [-0.39, 0.29) is 12.5 Å². The van der Waals surface area contributed by atoms with E-state index in [1.165, 1.54) is 5.56 Å². The number of carboxylic acids is 1. The minimum Gasteiger partial charge on any atom is -0.480 e. The third-order valence-corrected chi connectivity index (χ3v) is 6.48. The maximum atomic E-state index is 12.4. The summed E-state index contributed by atoms with van der Waals surface area (Å²) in [6.45, 7) is 0.172. The number of alkyl carbamates (subject to hydrolysis) is 1. The van der Waals surface area contributed by atoms with Crippen LogP contribution in [0.5, 0.6) is 0 Å². The van der Waals surface area contributed by atoms with Crippen molar-refractivity contribution in [3.05, 3.63) is 95.6 Å². The second kappa shape index (κ2) is 11.5. The zero-order valence-electron chi connectivity index (χ0n) is 19.3. The lowest BCUT2D eigenvalue weighted by Crippen LogP contribution is -2.41. The molecule has 0 fully saturated rings. The third-order valence-electron chi connectivity index (χ3n) is 6.48. The number of hydrogen-bond donors (Lipinski definition) is 2. The van der Waals surface area contributed by atoms with Crippen molar-refractivity contribution in [2.24, 2.45) is 0 Å². The molecule has 1 aliphatic rings. The van der Waals surface area contributed by atoms with Crippen molar-refractivity contribution in [2.75, 3.05) is 6.61 Å². The average Bonchev–Trinajstić information content (AvgIpc) is 3.18. The molecule has 0 spiro atoms. The van der Waals surface area contributed by atoms with E-state index in [0.717, 1.165) is 54.4 Å². The standard InChI is InChI=1S/C29H31NO4/c31-28(32)27(19-7-2-1-4-12-21-13-5-3-6-14-21)30-29(33)34-20-26-24-17-10-8-15-22(24)23-16-9-11-18-25(23)26/h3,5-6,8-11,13-18,26-27H,1-2,4,7,12,19-20H2,(H,30,33)(H,31,32)/t27-/m0/s1. The Morgan fingerprint density at radius 2 is 1.38 bits per heavy atom. The van der Waals surface area contributed by atoms with E-state index in [1.54, 1.807) is 0 Å². The van der Waals surface area contributed by atoms with Crippen LogP contribution in [-0.2, 0) is 16.0 Å². The van der Waals surface area contributed by atoms with Crippen molar-refractivity contribution in [1.29, 1.82) is 0 Å². The summed E-state index contributed by atoms with van der Waals surface area (Å²) in [6, 6.07) is 25.7. The van der Waals surface area contributed by atoms with Crippen LogP contribution in [0.1, 0.15) is 54.7 Å². The third kappa shape index (κ3) is 5.84. The fourth-order valence-electron chi connectivity index (χ4n) is 4.72. The highest BCUT2D eigenvalue weighted by Crippen LogP contribution is 2.44. The first-order valence-corrected chi connectivity index (χ1v) is 12.0. The van der Waals surface area contributed by atoms with E-state index < -0.39 is 18.1 Å². The van der Waals surface area contributed by atoms with Crippen molar-refractivity contribution in [2.45, 2.75) is 50.5 Å². The summed E-state index contributed by atoms with van der Waals surface area (Å²) in [6.07, 6.45) is 4.52. The van der Waals surface area contributed by atoms with Gasteiger partial charge in [0.2, 0.25) is 0 Å². The predicted octanol–water partition coefficient (Wildman–Crippen LogP) is 6.17. The quantitative estimate of drug-likeness (QED) is 0.338. The number of ether oxygens (including phenoxy) is 1.